The van der Waals surface area contributed by atoms with Crippen molar-refractivity contribution in [2.75, 3.05) is 13.1 Å². The lowest BCUT2D eigenvalue weighted by molar-refractivity contribution is -0.153. The van der Waals surface area contributed by atoms with Crippen LogP contribution in [0.2, 0.25) is 0 Å². The monoisotopic (exact) mass is 271 g/mol. The fraction of sp³-hybridized carbons (Fsp3) is 0.846. The molecule has 0 bridgehead atoms. The highest BCUT2D eigenvalue weighted by molar-refractivity contribution is 5.80. The average Bonchev–Trinajstić information content (AvgIpc) is 2.24. The lowest BCUT2D eigenvalue weighted by Crippen LogP contribution is -2.55. The molecule has 6 heteroatoms. The molecule has 0 spiro atoms. The molecule has 0 radical (unpaired) electrons. The van der Waals surface area contributed by atoms with E-state index in [4.69, 9.17) is 10.5 Å². The lowest BCUT2D eigenvalue weighted by Gasteiger charge is -2.39. The van der Waals surface area contributed by atoms with Crippen LogP contribution in [0.1, 0.15) is 47.0 Å². The Morgan fingerprint density at radius 3 is 2.63 bits per heavy atom. The van der Waals surface area contributed by atoms with Crippen LogP contribution in [-0.4, -0.2) is 46.8 Å². The van der Waals surface area contributed by atoms with E-state index in [2.05, 4.69) is 0 Å². The molecule has 1 aliphatic heterocycles. The fourth-order valence-corrected chi connectivity index (χ4v) is 1.84. The average molecular weight is 271 g/mol. The smallest absolute Gasteiger partial charge is 0.429 e. The third-order valence-electron chi connectivity index (χ3n) is 2.74. The van der Waals surface area contributed by atoms with Crippen LogP contribution in [0, 0.1) is 0 Å². The highest BCUT2D eigenvalue weighted by Gasteiger charge is 2.32. The Hall–Kier alpha value is -1.30. The molecule has 19 heavy (non-hydrogen) atoms. The van der Waals surface area contributed by atoms with Crippen LogP contribution in [0.3, 0.4) is 0 Å². The van der Waals surface area contributed by atoms with Crippen LogP contribution < -0.4 is 5.73 Å². The summed E-state index contributed by atoms with van der Waals surface area (Å²) in [7, 11) is 0. The summed E-state index contributed by atoms with van der Waals surface area (Å²) in [6, 6.07) is -0.00443. The van der Waals surface area contributed by atoms with Crippen molar-refractivity contribution in [3.05, 3.63) is 0 Å². The molecule has 1 unspecified atom stereocenters. The van der Waals surface area contributed by atoms with E-state index in [0.717, 1.165) is 0 Å². The van der Waals surface area contributed by atoms with Crippen LogP contribution in [0.25, 0.3) is 0 Å². The molecule has 1 atom stereocenters. The largest absolute Gasteiger partial charge is 0.442 e. The van der Waals surface area contributed by atoms with Crippen molar-refractivity contribution in [1.82, 2.24) is 10.0 Å². The maximum absolute atomic E-state index is 12.1. The molecule has 110 valence electrons. The minimum Gasteiger partial charge on any atom is -0.442 e. The minimum absolute atomic E-state index is 0.00443. The van der Waals surface area contributed by atoms with Crippen molar-refractivity contribution in [3.63, 3.8) is 0 Å². The van der Waals surface area contributed by atoms with Crippen LogP contribution in [0.4, 0.5) is 4.79 Å². The zero-order chi connectivity index (χ0) is 14.6. The van der Waals surface area contributed by atoms with Gasteiger partial charge in [-0.3, -0.25) is 4.79 Å². The van der Waals surface area contributed by atoms with E-state index in [1.807, 2.05) is 27.7 Å². The fourth-order valence-electron chi connectivity index (χ4n) is 1.84. The van der Waals surface area contributed by atoms with Gasteiger partial charge in [-0.1, -0.05) is 0 Å². The zero-order valence-electron chi connectivity index (χ0n) is 12.3. The normalized spacial score (nSPS) is 18.5. The summed E-state index contributed by atoms with van der Waals surface area (Å²) in [5.41, 5.74) is 5.14. The van der Waals surface area contributed by atoms with Crippen LogP contribution in [-0.2, 0) is 9.53 Å². The van der Waals surface area contributed by atoms with Crippen molar-refractivity contribution in [2.24, 2.45) is 5.73 Å². The van der Waals surface area contributed by atoms with Crippen molar-refractivity contribution in [1.29, 1.82) is 0 Å². The second-order valence-corrected chi connectivity index (χ2v) is 5.99. The van der Waals surface area contributed by atoms with E-state index >= 15 is 0 Å². The molecule has 0 aromatic carbocycles. The summed E-state index contributed by atoms with van der Waals surface area (Å²) in [6.45, 7) is 8.27. The molecule has 1 aliphatic rings. The summed E-state index contributed by atoms with van der Waals surface area (Å²) in [5.74, 6) is -0.0437. The molecule has 2 amide bonds. The van der Waals surface area contributed by atoms with Gasteiger partial charge in [0.15, 0.2) is 0 Å². The third-order valence-corrected chi connectivity index (χ3v) is 2.74. The maximum Gasteiger partial charge on any atom is 0.429 e. The number of hydrogen-bond donors (Lipinski definition) is 1. The van der Waals surface area contributed by atoms with Crippen molar-refractivity contribution >= 4 is 12.0 Å². The van der Waals surface area contributed by atoms with Crippen LogP contribution in [0.5, 0.6) is 0 Å². The first-order valence-electron chi connectivity index (χ1n) is 6.77. The first-order valence-corrected chi connectivity index (χ1v) is 6.77. The topological polar surface area (TPSA) is 75.9 Å². The predicted molar refractivity (Wildman–Crippen MR) is 72.2 cm³/mol. The number of hydrogen-bond acceptors (Lipinski definition) is 4. The quantitative estimate of drug-likeness (QED) is 0.844. The molecule has 0 aliphatic carbocycles. The Morgan fingerprint density at radius 2 is 2.11 bits per heavy atom. The van der Waals surface area contributed by atoms with Gasteiger partial charge in [-0.2, -0.15) is 0 Å². The number of nitrogens with zero attached hydrogens (tertiary/aromatic N) is 2. The van der Waals surface area contributed by atoms with Crippen molar-refractivity contribution < 1.29 is 14.3 Å². The lowest BCUT2D eigenvalue weighted by atomic mass is 10.2. The number of hydrazine groups is 1. The van der Waals surface area contributed by atoms with E-state index in [9.17, 15) is 9.59 Å². The van der Waals surface area contributed by atoms with Gasteiger partial charge in [0.2, 0.25) is 5.91 Å². The summed E-state index contributed by atoms with van der Waals surface area (Å²) in [5, 5.41) is 2.88. The van der Waals surface area contributed by atoms with Crippen molar-refractivity contribution in [2.45, 2.75) is 58.6 Å². The molecule has 1 saturated heterocycles. The summed E-state index contributed by atoms with van der Waals surface area (Å²) in [4.78, 5) is 24.0. The second kappa shape index (κ2) is 6.23. The van der Waals surface area contributed by atoms with Gasteiger partial charge in [-0.05, 0) is 40.5 Å². The van der Waals surface area contributed by atoms with E-state index in [1.54, 1.807) is 0 Å². The van der Waals surface area contributed by atoms with Crippen LogP contribution in [0.15, 0.2) is 0 Å². The number of ether oxygens (including phenoxy) is 1. The van der Waals surface area contributed by atoms with E-state index in [1.165, 1.54) is 10.0 Å². The van der Waals surface area contributed by atoms with E-state index < -0.39 is 11.7 Å². The van der Waals surface area contributed by atoms with Crippen LogP contribution >= 0.6 is 0 Å². The molecule has 1 rings (SSSR count). The van der Waals surface area contributed by atoms with E-state index in [-0.39, 0.29) is 11.9 Å². The highest BCUT2D eigenvalue weighted by Crippen LogP contribution is 2.17. The molecular weight excluding hydrogens is 246 g/mol. The summed E-state index contributed by atoms with van der Waals surface area (Å²) < 4.78 is 5.32. The van der Waals surface area contributed by atoms with Gasteiger partial charge < -0.3 is 10.5 Å². The first-order chi connectivity index (χ1) is 8.70. The molecule has 0 saturated carbocycles. The molecular formula is C13H25N3O3. The maximum atomic E-state index is 12.1. The SMILES string of the molecule is CC(N)CCN1C(=O)CCCN1C(=O)OC(C)(C)C. The number of nitrogens with two attached hydrogens (primary N) is 1. The second-order valence-electron chi connectivity index (χ2n) is 5.99. The van der Waals surface area contributed by atoms with Gasteiger partial charge in [0.1, 0.15) is 5.60 Å². The standard InChI is InChI=1S/C13H25N3O3/c1-10(14)7-9-15-11(17)6-5-8-16(15)12(18)19-13(2,3)4/h10H,5-9,14H2,1-4H3. The highest BCUT2D eigenvalue weighted by atomic mass is 16.6. The predicted octanol–water partition coefficient (Wildman–Crippen LogP) is 1.50. The summed E-state index contributed by atoms with van der Waals surface area (Å²) in [6.07, 6.45) is 1.33. The number of rotatable bonds is 3. The number of amides is 2. The molecule has 0 aromatic rings. The van der Waals surface area contributed by atoms with Gasteiger partial charge in [0.25, 0.3) is 0 Å². The van der Waals surface area contributed by atoms with Gasteiger partial charge in [0.05, 0.1) is 0 Å². The Morgan fingerprint density at radius 1 is 1.47 bits per heavy atom. The minimum atomic E-state index is -0.565. The Kier molecular flexibility index (Phi) is 5.17. The molecule has 0 aromatic heterocycles. The Labute approximate surface area is 114 Å². The molecule has 2 N–H and O–H groups in total. The molecule has 6 nitrogen and oxygen atoms in total. The Bertz CT molecular complexity index is 337. The number of carbonyl (C=O) groups excluding carboxylic acids is 2. The van der Waals surface area contributed by atoms with Crippen molar-refractivity contribution in [3.8, 4) is 0 Å². The van der Waals surface area contributed by atoms with E-state index in [0.29, 0.717) is 32.4 Å². The van der Waals surface area contributed by atoms with Gasteiger partial charge in [-0.25, -0.2) is 14.8 Å². The van der Waals surface area contributed by atoms with Gasteiger partial charge in [-0.15, -0.1) is 0 Å². The summed E-state index contributed by atoms with van der Waals surface area (Å²) >= 11 is 0. The first kappa shape index (κ1) is 15.8. The number of carbonyl (C=O) groups is 2. The Balaban J connectivity index is 2.70. The van der Waals surface area contributed by atoms with Gasteiger partial charge >= 0.3 is 6.09 Å². The van der Waals surface area contributed by atoms with Gasteiger partial charge in [0, 0.05) is 25.6 Å². The zero-order valence-corrected chi connectivity index (χ0v) is 12.3. The third kappa shape index (κ3) is 5.06. The molecule has 1 heterocycles. The molecule has 1 fully saturated rings.